The predicted octanol–water partition coefficient (Wildman–Crippen LogP) is 3.57. The Bertz CT molecular complexity index is 838. The van der Waals surface area contributed by atoms with Crippen molar-refractivity contribution in [3.05, 3.63) is 41.7 Å². The molecule has 1 aromatic rings. The van der Waals surface area contributed by atoms with Gasteiger partial charge in [0.2, 0.25) is 5.91 Å². The third-order valence-corrected chi connectivity index (χ3v) is 4.96. The van der Waals surface area contributed by atoms with Gasteiger partial charge >= 0.3 is 0 Å². The summed E-state index contributed by atoms with van der Waals surface area (Å²) < 4.78 is 31.7. The maximum Gasteiger partial charge on any atom is 0.270 e. The third-order valence-electron chi connectivity index (χ3n) is 4.96. The fourth-order valence-electron chi connectivity index (χ4n) is 3.40. The van der Waals surface area contributed by atoms with E-state index >= 15 is 0 Å². The van der Waals surface area contributed by atoms with Gasteiger partial charge in [-0.1, -0.05) is 12.1 Å². The Kier molecular flexibility index (Phi) is 6.61. The highest BCUT2D eigenvalue weighted by molar-refractivity contribution is 6.40. The number of hydrogen-bond donors (Lipinski definition) is 0. The van der Waals surface area contributed by atoms with Crippen LogP contribution in [0.1, 0.15) is 36.8 Å². The lowest BCUT2D eigenvalue weighted by molar-refractivity contribution is -0.128. The number of amides is 2. The normalized spacial score (nSPS) is 19.2. The van der Waals surface area contributed by atoms with Gasteiger partial charge in [-0.05, 0) is 50.0 Å². The number of hydrazone groups is 1. The molecule has 1 atom stereocenters. The van der Waals surface area contributed by atoms with Crippen LogP contribution < -0.4 is 5.01 Å². The summed E-state index contributed by atoms with van der Waals surface area (Å²) in [6, 6.07) is 5.62. The molecule has 0 saturated carbocycles. The van der Waals surface area contributed by atoms with Crippen LogP contribution in [0.4, 0.5) is 14.5 Å². The average molecular weight is 405 g/mol. The highest BCUT2D eigenvalue weighted by atomic mass is 19.3. The molecule has 0 unspecified atom stereocenters. The van der Waals surface area contributed by atoms with E-state index in [1.807, 2.05) is 38.1 Å². The van der Waals surface area contributed by atoms with Crippen LogP contribution in [-0.2, 0) is 14.3 Å². The van der Waals surface area contributed by atoms with E-state index in [0.717, 1.165) is 22.4 Å². The van der Waals surface area contributed by atoms with E-state index in [1.54, 1.807) is 0 Å². The second-order valence-electron chi connectivity index (χ2n) is 7.35. The molecule has 3 rings (SSSR count). The van der Waals surface area contributed by atoms with Gasteiger partial charge in [0.1, 0.15) is 11.8 Å². The molecular formula is C21H25F2N3O3. The number of anilines is 1. The Morgan fingerprint density at radius 1 is 1.34 bits per heavy atom. The maximum absolute atomic E-state index is 13.1. The van der Waals surface area contributed by atoms with Gasteiger partial charge in [-0.2, -0.15) is 5.10 Å². The van der Waals surface area contributed by atoms with Crippen molar-refractivity contribution in [3.8, 4) is 0 Å². The van der Waals surface area contributed by atoms with Gasteiger partial charge in [0, 0.05) is 12.8 Å². The number of alkyl halides is 2. The summed E-state index contributed by atoms with van der Waals surface area (Å²) in [7, 11) is 0. The summed E-state index contributed by atoms with van der Waals surface area (Å²) in [6.07, 6.45) is 2.06. The molecule has 2 heterocycles. The fourth-order valence-corrected chi connectivity index (χ4v) is 3.40. The molecule has 0 fully saturated rings. The van der Waals surface area contributed by atoms with Crippen molar-refractivity contribution in [2.24, 2.45) is 5.10 Å². The van der Waals surface area contributed by atoms with Crippen LogP contribution in [0, 0.1) is 13.8 Å². The molecule has 2 aliphatic heterocycles. The van der Waals surface area contributed by atoms with Crippen molar-refractivity contribution in [1.29, 1.82) is 0 Å². The third kappa shape index (κ3) is 5.19. The van der Waals surface area contributed by atoms with Crippen LogP contribution in [0.5, 0.6) is 0 Å². The minimum Gasteiger partial charge on any atom is -0.497 e. The van der Waals surface area contributed by atoms with Crippen molar-refractivity contribution in [2.45, 2.75) is 52.1 Å². The standard InChI is InChI=1S/C21H25F2N3O3/c1-14-6-7-15(2)18(11-14)26-20(27)9-8-17(24-26)21(28)25(13-19(22)23)12-16-5-3-4-10-29-16/h4,6-7,10-11,16,19H,3,5,8-9,12-13H2,1-2H3/t16-/m0/s1. The van der Waals surface area contributed by atoms with Gasteiger partial charge in [0.05, 0.1) is 25.0 Å². The SMILES string of the molecule is Cc1ccc(C)c(N2N=C(C(=O)N(CC(F)F)C[C@@H]3CCC=CO3)CCC2=O)c1. The zero-order valence-corrected chi connectivity index (χ0v) is 16.6. The smallest absolute Gasteiger partial charge is 0.270 e. The number of benzene rings is 1. The van der Waals surface area contributed by atoms with Gasteiger partial charge in [-0.25, -0.2) is 13.8 Å². The van der Waals surface area contributed by atoms with Crippen molar-refractivity contribution < 1.29 is 23.1 Å². The van der Waals surface area contributed by atoms with Crippen molar-refractivity contribution in [2.75, 3.05) is 18.1 Å². The average Bonchev–Trinajstić information content (AvgIpc) is 2.70. The molecular weight excluding hydrogens is 380 g/mol. The van der Waals surface area contributed by atoms with Crippen LogP contribution in [0.3, 0.4) is 0 Å². The van der Waals surface area contributed by atoms with E-state index in [0.29, 0.717) is 12.1 Å². The summed E-state index contributed by atoms with van der Waals surface area (Å²) in [4.78, 5) is 26.5. The van der Waals surface area contributed by atoms with Gasteiger partial charge < -0.3 is 9.64 Å². The first-order chi connectivity index (χ1) is 13.8. The number of rotatable bonds is 6. The molecule has 0 spiro atoms. The molecule has 1 aromatic carbocycles. The molecule has 2 aliphatic rings. The van der Waals surface area contributed by atoms with Gasteiger partial charge in [-0.3, -0.25) is 9.59 Å². The van der Waals surface area contributed by atoms with E-state index < -0.39 is 18.9 Å². The molecule has 0 saturated heterocycles. The Balaban J connectivity index is 1.84. The van der Waals surface area contributed by atoms with Crippen LogP contribution in [0.25, 0.3) is 0 Å². The molecule has 0 N–H and O–H groups in total. The molecule has 0 aliphatic carbocycles. The Morgan fingerprint density at radius 2 is 2.14 bits per heavy atom. The lowest BCUT2D eigenvalue weighted by Gasteiger charge is -2.30. The highest BCUT2D eigenvalue weighted by Crippen LogP contribution is 2.26. The van der Waals surface area contributed by atoms with Crippen molar-refractivity contribution >= 4 is 23.2 Å². The minimum atomic E-state index is -2.67. The van der Waals surface area contributed by atoms with E-state index in [1.165, 1.54) is 11.3 Å². The Hall–Kier alpha value is -2.77. The second kappa shape index (κ2) is 9.15. The Morgan fingerprint density at radius 3 is 2.83 bits per heavy atom. The summed E-state index contributed by atoms with van der Waals surface area (Å²) in [6.45, 7) is 3.11. The lowest BCUT2D eigenvalue weighted by Crippen LogP contribution is -2.46. The molecule has 8 heteroatoms. The van der Waals surface area contributed by atoms with Gasteiger partial charge in [-0.15, -0.1) is 0 Å². The Labute approximate surface area is 168 Å². The zero-order valence-electron chi connectivity index (χ0n) is 16.6. The maximum atomic E-state index is 13.1. The summed E-state index contributed by atoms with van der Waals surface area (Å²) in [5.74, 6) is -0.803. The molecule has 0 bridgehead atoms. The van der Waals surface area contributed by atoms with E-state index in [4.69, 9.17) is 4.74 Å². The monoisotopic (exact) mass is 405 g/mol. The number of carbonyl (C=O) groups is 2. The van der Waals surface area contributed by atoms with Crippen LogP contribution >= 0.6 is 0 Å². The molecule has 6 nitrogen and oxygen atoms in total. The van der Waals surface area contributed by atoms with Crippen molar-refractivity contribution in [3.63, 3.8) is 0 Å². The largest absolute Gasteiger partial charge is 0.497 e. The summed E-state index contributed by atoms with van der Waals surface area (Å²) >= 11 is 0. The van der Waals surface area contributed by atoms with E-state index in [2.05, 4.69) is 5.10 Å². The number of nitrogens with zero attached hydrogens (tertiary/aromatic N) is 3. The van der Waals surface area contributed by atoms with Gasteiger partial charge in [0.15, 0.2) is 0 Å². The van der Waals surface area contributed by atoms with Gasteiger partial charge in [0.25, 0.3) is 12.3 Å². The van der Waals surface area contributed by atoms with E-state index in [9.17, 15) is 18.4 Å². The zero-order chi connectivity index (χ0) is 21.0. The number of halogens is 2. The predicted molar refractivity (Wildman–Crippen MR) is 106 cm³/mol. The number of allylic oxidation sites excluding steroid dienone is 1. The topological polar surface area (TPSA) is 62.2 Å². The molecule has 2 amide bonds. The number of aryl methyl sites for hydroxylation is 2. The highest BCUT2D eigenvalue weighted by Gasteiger charge is 2.31. The number of ether oxygens (including phenoxy) is 1. The minimum absolute atomic E-state index is 0.0595. The summed E-state index contributed by atoms with van der Waals surface area (Å²) in [5.41, 5.74) is 2.50. The van der Waals surface area contributed by atoms with Crippen LogP contribution in [0.2, 0.25) is 0 Å². The number of carbonyl (C=O) groups excluding carboxylic acids is 2. The first-order valence-electron chi connectivity index (χ1n) is 9.70. The molecule has 156 valence electrons. The number of hydrogen-bond acceptors (Lipinski definition) is 4. The van der Waals surface area contributed by atoms with Crippen molar-refractivity contribution in [1.82, 2.24) is 4.90 Å². The first kappa shape index (κ1) is 21.0. The van der Waals surface area contributed by atoms with Crippen LogP contribution in [-0.4, -0.2) is 48.0 Å². The molecule has 29 heavy (non-hydrogen) atoms. The second-order valence-corrected chi connectivity index (χ2v) is 7.35. The molecule has 0 aromatic heterocycles. The summed E-state index contributed by atoms with van der Waals surface area (Å²) in [5, 5.41) is 5.49. The quantitative estimate of drug-likeness (QED) is 0.727. The molecule has 0 radical (unpaired) electrons. The first-order valence-corrected chi connectivity index (χ1v) is 9.70. The fraction of sp³-hybridized carbons (Fsp3) is 0.476. The van der Waals surface area contributed by atoms with Crippen LogP contribution in [0.15, 0.2) is 35.6 Å². The lowest BCUT2D eigenvalue weighted by atomic mass is 10.1. The van der Waals surface area contributed by atoms with E-state index in [-0.39, 0.29) is 37.1 Å².